The molecule has 0 unspecified atom stereocenters. The van der Waals surface area contributed by atoms with Crippen molar-refractivity contribution in [3.8, 4) is 17.2 Å². The average molecular weight is 244 g/mol. The zero-order valence-electron chi connectivity index (χ0n) is 9.54. The molecule has 0 saturated heterocycles. The lowest BCUT2D eigenvalue weighted by Gasteiger charge is -2.06. The first-order valence-corrected chi connectivity index (χ1v) is 5.41. The van der Waals surface area contributed by atoms with Gasteiger partial charge in [0.15, 0.2) is 0 Å². The summed E-state index contributed by atoms with van der Waals surface area (Å²) in [6.45, 7) is 0. The molecule has 0 fully saturated rings. The van der Waals surface area contributed by atoms with Crippen LogP contribution in [0.4, 0.5) is 0 Å². The van der Waals surface area contributed by atoms with Gasteiger partial charge in [-0.2, -0.15) is 0 Å². The van der Waals surface area contributed by atoms with E-state index in [1.54, 1.807) is 36.4 Å². The molecule has 18 heavy (non-hydrogen) atoms. The van der Waals surface area contributed by atoms with Crippen LogP contribution >= 0.6 is 0 Å². The van der Waals surface area contributed by atoms with E-state index in [2.05, 4.69) is 0 Å². The number of ether oxygens (including phenoxy) is 1. The molecule has 0 aromatic heterocycles. The number of phenolic OH excluding ortho intramolecular Hbond substituents is 1. The number of carboxylic acids is 1. The predicted molar refractivity (Wildman–Crippen MR) is 66.0 cm³/mol. The Kier molecular flexibility index (Phi) is 3.48. The molecule has 2 rings (SSSR count). The Bertz CT molecular complexity index is 529. The molecule has 0 heterocycles. The number of hydrogen-bond donors (Lipinski definition) is 2. The van der Waals surface area contributed by atoms with Crippen LogP contribution in [0.3, 0.4) is 0 Å². The molecule has 4 nitrogen and oxygen atoms in total. The average Bonchev–Trinajstić information content (AvgIpc) is 2.34. The standard InChI is InChI=1S/C14H12O4/c15-11-3-7-13(8-4-11)18-12-5-1-10(2-6-12)9-14(16)17/h1-8,15H,9H2,(H,16,17). The van der Waals surface area contributed by atoms with E-state index in [-0.39, 0.29) is 12.2 Å². The number of carbonyl (C=O) groups is 1. The summed E-state index contributed by atoms with van der Waals surface area (Å²) in [6.07, 6.45) is -0.000507. The van der Waals surface area contributed by atoms with Gasteiger partial charge in [0.1, 0.15) is 17.2 Å². The van der Waals surface area contributed by atoms with Crippen molar-refractivity contribution in [3.63, 3.8) is 0 Å². The normalized spacial score (nSPS) is 10.0. The molecule has 0 aliphatic heterocycles. The number of benzene rings is 2. The Morgan fingerprint density at radius 1 is 0.944 bits per heavy atom. The van der Waals surface area contributed by atoms with Crippen LogP contribution in [0, 0.1) is 0 Å². The summed E-state index contributed by atoms with van der Waals surface area (Å²) < 4.78 is 5.53. The fourth-order valence-electron chi connectivity index (χ4n) is 1.50. The van der Waals surface area contributed by atoms with Gasteiger partial charge in [-0.15, -0.1) is 0 Å². The van der Waals surface area contributed by atoms with Crippen LogP contribution in [-0.4, -0.2) is 16.2 Å². The minimum absolute atomic E-state index is 0.000507. The van der Waals surface area contributed by atoms with Crippen LogP contribution in [-0.2, 0) is 11.2 Å². The molecule has 0 atom stereocenters. The molecule has 0 amide bonds. The third-order valence-electron chi connectivity index (χ3n) is 2.35. The number of aromatic hydroxyl groups is 1. The molecule has 4 heteroatoms. The number of carboxylic acid groups (broad SMARTS) is 1. The highest BCUT2D eigenvalue weighted by molar-refractivity contribution is 5.70. The van der Waals surface area contributed by atoms with Crippen LogP contribution in [0.25, 0.3) is 0 Å². The highest BCUT2D eigenvalue weighted by atomic mass is 16.5. The quantitative estimate of drug-likeness (QED) is 0.867. The van der Waals surface area contributed by atoms with E-state index in [0.29, 0.717) is 11.5 Å². The lowest BCUT2D eigenvalue weighted by Crippen LogP contribution is -1.99. The van der Waals surface area contributed by atoms with Crippen molar-refractivity contribution >= 4 is 5.97 Å². The molecule has 0 spiro atoms. The Balaban J connectivity index is 2.06. The molecule has 92 valence electrons. The minimum atomic E-state index is -0.859. The first kappa shape index (κ1) is 12.0. The van der Waals surface area contributed by atoms with Crippen molar-refractivity contribution in [1.82, 2.24) is 0 Å². The highest BCUT2D eigenvalue weighted by Gasteiger charge is 2.01. The van der Waals surface area contributed by atoms with Crippen molar-refractivity contribution in [2.24, 2.45) is 0 Å². The topological polar surface area (TPSA) is 66.8 Å². The van der Waals surface area contributed by atoms with Crippen LogP contribution in [0.15, 0.2) is 48.5 Å². The second-order valence-corrected chi connectivity index (χ2v) is 3.81. The molecule has 0 aliphatic carbocycles. The van der Waals surface area contributed by atoms with Crippen LogP contribution in [0.2, 0.25) is 0 Å². The van der Waals surface area contributed by atoms with Crippen molar-refractivity contribution in [2.75, 3.05) is 0 Å². The van der Waals surface area contributed by atoms with E-state index in [4.69, 9.17) is 14.9 Å². The second kappa shape index (κ2) is 5.23. The van der Waals surface area contributed by atoms with Crippen LogP contribution in [0.5, 0.6) is 17.2 Å². The Morgan fingerprint density at radius 2 is 1.44 bits per heavy atom. The smallest absolute Gasteiger partial charge is 0.307 e. The van der Waals surface area contributed by atoms with Gasteiger partial charge < -0.3 is 14.9 Å². The van der Waals surface area contributed by atoms with Crippen LogP contribution in [0.1, 0.15) is 5.56 Å². The zero-order valence-corrected chi connectivity index (χ0v) is 9.54. The molecule has 0 saturated carbocycles. The predicted octanol–water partition coefficient (Wildman–Crippen LogP) is 2.81. The fraction of sp³-hybridized carbons (Fsp3) is 0.0714. The summed E-state index contributed by atoms with van der Waals surface area (Å²) in [7, 11) is 0. The van der Waals surface area contributed by atoms with Gasteiger partial charge in [-0.25, -0.2) is 0 Å². The van der Waals surface area contributed by atoms with Gasteiger partial charge in [0, 0.05) is 0 Å². The Morgan fingerprint density at radius 3 is 1.94 bits per heavy atom. The van der Waals surface area contributed by atoms with E-state index in [0.717, 1.165) is 5.56 Å². The SMILES string of the molecule is O=C(O)Cc1ccc(Oc2ccc(O)cc2)cc1. The molecule has 2 N–H and O–H groups in total. The molecular weight excluding hydrogens is 232 g/mol. The Labute approximate surface area is 104 Å². The molecular formula is C14H12O4. The van der Waals surface area contributed by atoms with Crippen molar-refractivity contribution < 1.29 is 19.7 Å². The summed E-state index contributed by atoms with van der Waals surface area (Å²) in [5.41, 5.74) is 0.723. The van der Waals surface area contributed by atoms with Gasteiger partial charge in [-0.3, -0.25) is 4.79 Å². The molecule has 0 bridgehead atoms. The largest absolute Gasteiger partial charge is 0.508 e. The summed E-state index contributed by atoms with van der Waals surface area (Å²) >= 11 is 0. The first-order chi connectivity index (χ1) is 8.63. The molecule has 0 radical (unpaired) electrons. The van der Waals surface area contributed by atoms with Crippen molar-refractivity contribution in [1.29, 1.82) is 0 Å². The molecule has 0 aliphatic rings. The molecule has 2 aromatic carbocycles. The van der Waals surface area contributed by atoms with E-state index < -0.39 is 5.97 Å². The number of phenols is 1. The van der Waals surface area contributed by atoms with Gasteiger partial charge in [0.05, 0.1) is 6.42 Å². The molecule has 2 aromatic rings. The maximum absolute atomic E-state index is 10.5. The van der Waals surface area contributed by atoms with Gasteiger partial charge >= 0.3 is 5.97 Å². The third-order valence-corrected chi connectivity index (χ3v) is 2.35. The van der Waals surface area contributed by atoms with E-state index in [1.165, 1.54) is 12.1 Å². The van der Waals surface area contributed by atoms with Crippen molar-refractivity contribution in [2.45, 2.75) is 6.42 Å². The maximum atomic E-state index is 10.5. The van der Waals surface area contributed by atoms with E-state index >= 15 is 0 Å². The maximum Gasteiger partial charge on any atom is 0.307 e. The monoisotopic (exact) mass is 244 g/mol. The summed E-state index contributed by atoms with van der Waals surface area (Å²) in [5, 5.41) is 17.8. The number of rotatable bonds is 4. The van der Waals surface area contributed by atoms with Gasteiger partial charge in [0.2, 0.25) is 0 Å². The van der Waals surface area contributed by atoms with Crippen LogP contribution < -0.4 is 4.74 Å². The van der Waals surface area contributed by atoms with Gasteiger partial charge in [0.25, 0.3) is 0 Å². The summed E-state index contributed by atoms with van der Waals surface area (Å²) in [4.78, 5) is 10.5. The lowest BCUT2D eigenvalue weighted by molar-refractivity contribution is -0.136. The summed E-state index contributed by atoms with van der Waals surface area (Å²) in [5.74, 6) is 0.551. The number of hydrogen-bond acceptors (Lipinski definition) is 3. The third kappa shape index (κ3) is 3.25. The minimum Gasteiger partial charge on any atom is -0.508 e. The van der Waals surface area contributed by atoms with E-state index in [9.17, 15) is 4.79 Å². The highest BCUT2D eigenvalue weighted by Crippen LogP contribution is 2.23. The Hall–Kier alpha value is -2.49. The van der Waals surface area contributed by atoms with Gasteiger partial charge in [-0.05, 0) is 42.0 Å². The fourth-order valence-corrected chi connectivity index (χ4v) is 1.50. The number of aliphatic carboxylic acids is 1. The first-order valence-electron chi connectivity index (χ1n) is 5.41. The van der Waals surface area contributed by atoms with Crippen molar-refractivity contribution in [3.05, 3.63) is 54.1 Å². The summed E-state index contributed by atoms with van der Waals surface area (Å²) in [6, 6.07) is 13.2. The van der Waals surface area contributed by atoms with E-state index in [1.807, 2.05) is 0 Å². The second-order valence-electron chi connectivity index (χ2n) is 3.81. The lowest BCUT2D eigenvalue weighted by atomic mass is 10.1. The van der Waals surface area contributed by atoms with Gasteiger partial charge in [-0.1, -0.05) is 12.1 Å². The zero-order chi connectivity index (χ0) is 13.0.